The molecular weight excluding hydrogens is 256 g/mol. The molecule has 0 spiro atoms. The summed E-state index contributed by atoms with van der Waals surface area (Å²) in [6, 6.07) is 3.59. The van der Waals surface area contributed by atoms with Gasteiger partial charge in [-0.1, -0.05) is 11.6 Å². The van der Waals surface area contributed by atoms with E-state index in [0.717, 1.165) is 30.8 Å². The van der Waals surface area contributed by atoms with Crippen molar-refractivity contribution in [2.75, 3.05) is 19.6 Å². The van der Waals surface area contributed by atoms with Crippen LogP contribution in [-0.2, 0) is 0 Å². The highest BCUT2D eigenvalue weighted by Gasteiger charge is 2.24. The molecule has 1 aromatic rings. The minimum Gasteiger partial charge on any atom is -0.338 e. The number of halogens is 1. The van der Waals surface area contributed by atoms with Crippen molar-refractivity contribution in [3.05, 3.63) is 21.3 Å². The Labute approximate surface area is 111 Å². The van der Waals surface area contributed by atoms with Crippen LogP contribution in [0, 0.1) is 5.92 Å². The largest absolute Gasteiger partial charge is 0.338 e. The van der Waals surface area contributed by atoms with Gasteiger partial charge in [0.1, 0.15) is 0 Å². The highest BCUT2D eigenvalue weighted by molar-refractivity contribution is 7.17. The fraction of sp³-hybridized carbons (Fsp3) is 0.583. The predicted molar refractivity (Wildman–Crippen MR) is 71.6 cm³/mol. The van der Waals surface area contributed by atoms with Gasteiger partial charge in [0, 0.05) is 13.1 Å². The Kier molecular flexibility index (Phi) is 4.42. The van der Waals surface area contributed by atoms with Crippen LogP contribution in [0.1, 0.15) is 28.9 Å². The van der Waals surface area contributed by atoms with Gasteiger partial charge in [0.25, 0.3) is 5.91 Å². The molecule has 1 saturated heterocycles. The molecular formula is C12H17ClN2OS. The molecule has 2 heterocycles. The normalized spacial score (nSPS) is 20.6. The summed E-state index contributed by atoms with van der Waals surface area (Å²) in [5.74, 6) is 0.678. The smallest absolute Gasteiger partial charge is 0.263 e. The first kappa shape index (κ1) is 12.9. The molecule has 1 amide bonds. The molecule has 17 heavy (non-hydrogen) atoms. The zero-order valence-corrected chi connectivity index (χ0v) is 11.3. The lowest BCUT2D eigenvalue weighted by atomic mass is 9.95. The van der Waals surface area contributed by atoms with Gasteiger partial charge in [0.05, 0.1) is 9.21 Å². The molecule has 1 aromatic heterocycles. The van der Waals surface area contributed by atoms with Crippen molar-refractivity contribution < 1.29 is 4.79 Å². The van der Waals surface area contributed by atoms with Gasteiger partial charge in [-0.15, -0.1) is 11.3 Å². The number of likely N-dealkylation sites (tertiary alicyclic amines) is 1. The molecule has 1 fully saturated rings. The molecule has 5 heteroatoms. The number of carbonyl (C=O) groups excluding carboxylic acids is 1. The number of amides is 1. The van der Waals surface area contributed by atoms with Crippen molar-refractivity contribution >= 4 is 28.8 Å². The summed E-state index contributed by atoms with van der Waals surface area (Å²) < 4.78 is 0.670. The van der Waals surface area contributed by atoms with Crippen molar-refractivity contribution in [2.24, 2.45) is 11.7 Å². The minimum absolute atomic E-state index is 0.114. The molecule has 2 rings (SSSR count). The summed E-state index contributed by atoms with van der Waals surface area (Å²) in [7, 11) is 0. The van der Waals surface area contributed by atoms with Crippen molar-refractivity contribution in [3.63, 3.8) is 0 Å². The Morgan fingerprint density at radius 2 is 2.41 bits per heavy atom. The van der Waals surface area contributed by atoms with Crippen LogP contribution in [0.3, 0.4) is 0 Å². The topological polar surface area (TPSA) is 46.3 Å². The first-order valence-corrected chi connectivity index (χ1v) is 7.15. The van der Waals surface area contributed by atoms with Crippen molar-refractivity contribution in [1.29, 1.82) is 0 Å². The average Bonchev–Trinajstić information content (AvgIpc) is 2.76. The van der Waals surface area contributed by atoms with E-state index in [0.29, 0.717) is 16.8 Å². The molecule has 94 valence electrons. The van der Waals surface area contributed by atoms with E-state index in [1.165, 1.54) is 17.8 Å². The van der Waals surface area contributed by atoms with Gasteiger partial charge in [-0.2, -0.15) is 0 Å². The molecule has 1 aliphatic rings. The number of piperidine rings is 1. The molecule has 0 aromatic carbocycles. The Hall–Kier alpha value is -0.580. The highest BCUT2D eigenvalue weighted by Crippen LogP contribution is 2.25. The Morgan fingerprint density at radius 1 is 1.59 bits per heavy atom. The Morgan fingerprint density at radius 3 is 3.06 bits per heavy atom. The van der Waals surface area contributed by atoms with Crippen LogP contribution in [0.2, 0.25) is 4.34 Å². The van der Waals surface area contributed by atoms with Gasteiger partial charge in [-0.25, -0.2) is 0 Å². The molecule has 1 aliphatic heterocycles. The lowest BCUT2D eigenvalue weighted by Gasteiger charge is -2.32. The summed E-state index contributed by atoms with van der Waals surface area (Å²) in [6.07, 6.45) is 3.27. The number of nitrogens with zero attached hydrogens (tertiary/aromatic N) is 1. The second-order valence-electron chi connectivity index (χ2n) is 4.44. The lowest BCUT2D eigenvalue weighted by molar-refractivity contribution is 0.0674. The zero-order chi connectivity index (χ0) is 12.3. The van der Waals surface area contributed by atoms with Crippen LogP contribution in [0.4, 0.5) is 0 Å². The summed E-state index contributed by atoms with van der Waals surface area (Å²) in [4.78, 5) is 14.9. The Bertz CT molecular complexity index is 392. The van der Waals surface area contributed by atoms with Gasteiger partial charge in [0.2, 0.25) is 0 Å². The van der Waals surface area contributed by atoms with Crippen LogP contribution in [-0.4, -0.2) is 30.4 Å². The quantitative estimate of drug-likeness (QED) is 0.919. The fourth-order valence-electron chi connectivity index (χ4n) is 2.31. The summed E-state index contributed by atoms with van der Waals surface area (Å²) in [5, 5.41) is 0. The third kappa shape index (κ3) is 3.21. The summed E-state index contributed by atoms with van der Waals surface area (Å²) in [6.45, 7) is 2.40. The van der Waals surface area contributed by atoms with E-state index >= 15 is 0 Å². The summed E-state index contributed by atoms with van der Waals surface area (Å²) in [5.41, 5.74) is 5.58. The summed E-state index contributed by atoms with van der Waals surface area (Å²) >= 11 is 7.21. The molecule has 1 unspecified atom stereocenters. The van der Waals surface area contributed by atoms with E-state index in [4.69, 9.17) is 17.3 Å². The Balaban J connectivity index is 1.99. The first-order chi connectivity index (χ1) is 8.20. The third-order valence-electron chi connectivity index (χ3n) is 3.17. The molecule has 0 bridgehead atoms. The maximum absolute atomic E-state index is 12.2. The van der Waals surface area contributed by atoms with Gasteiger partial charge >= 0.3 is 0 Å². The average molecular weight is 273 g/mol. The number of carbonyl (C=O) groups is 1. The monoisotopic (exact) mass is 272 g/mol. The third-order valence-corrected chi connectivity index (χ3v) is 4.38. The van der Waals surface area contributed by atoms with E-state index in [1.807, 2.05) is 11.0 Å². The molecule has 3 nitrogen and oxygen atoms in total. The second kappa shape index (κ2) is 5.85. The number of nitrogens with two attached hydrogens (primary N) is 1. The molecule has 0 saturated carbocycles. The first-order valence-electron chi connectivity index (χ1n) is 5.95. The maximum atomic E-state index is 12.2. The van der Waals surface area contributed by atoms with Crippen LogP contribution < -0.4 is 5.73 Å². The van der Waals surface area contributed by atoms with Gasteiger partial charge in [-0.05, 0) is 43.9 Å². The number of hydrogen-bond acceptors (Lipinski definition) is 3. The minimum atomic E-state index is 0.114. The van der Waals surface area contributed by atoms with Crippen LogP contribution in [0.25, 0.3) is 0 Å². The number of hydrogen-bond donors (Lipinski definition) is 1. The van der Waals surface area contributed by atoms with Crippen molar-refractivity contribution in [2.45, 2.75) is 19.3 Å². The van der Waals surface area contributed by atoms with Crippen LogP contribution in [0.15, 0.2) is 12.1 Å². The van der Waals surface area contributed by atoms with E-state index in [-0.39, 0.29) is 5.91 Å². The SMILES string of the molecule is NCCC1CCCN(C(=O)c2ccc(Cl)s2)C1. The fourth-order valence-corrected chi connectivity index (χ4v) is 3.32. The van der Waals surface area contributed by atoms with Gasteiger partial charge < -0.3 is 10.6 Å². The van der Waals surface area contributed by atoms with E-state index in [2.05, 4.69) is 0 Å². The second-order valence-corrected chi connectivity index (χ2v) is 6.16. The standard InChI is InChI=1S/C12H17ClN2OS/c13-11-4-3-10(17-11)12(16)15-7-1-2-9(8-15)5-6-14/h3-4,9H,1-2,5-8,14H2. The van der Waals surface area contributed by atoms with E-state index < -0.39 is 0 Å². The maximum Gasteiger partial charge on any atom is 0.263 e. The van der Waals surface area contributed by atoms with E-state index in [1.54, 1.807) is 6.07 Å². The van der Waals surface area contributed by atoms with Gasteiger partial charge in [0.15, 0.2) is 0 Å². The highest BCUT2D eigenvalue weighted by atomic mass is 35.5. The number of rotatable bonds is 3. The van der Waals surface area contributed by atoms with Crippen molar-refractivity contribution in [3.8, 4) is 0 Å². The molecule has 2 N–H and O–H groups in total. The van der Waals surface area contributed by atoms with Crippen molar-refractivity contribution in [1.82, 2.24) is 4.90 Å². The predicted octanol–water partition coefficient (Wildman–Crippen LogP) is 2.60. The van der Waals surface area contributed by atoms with Crippen LogP contribution in [0.5, 0.6) is 0 Å². The lowest BCUT2D eigenvalue weighted by Crippen LogP contribution is -2.40. The van der Waals surface area contributed by atoms with Crippen LogP contribution >= 0.6 is 22.9 Å². The number of thiophene rings is 1. The molecule has 0 radical (unpaired) electrons. The molecule has 1 atom stereocenters. The van der Waals surface area contributed by atoms with E-state index in [9.17, 15) is 4.79 Å². The molecule has 0 aliphatic carbocycles. The zero-order valence-electron chi connectivity index (χ0n) is 9.69. The van der Waals surface area contributed by atoms with Gasteiger partial charge in [-0.3, -0.25) is 4.79 Å².